The van der Waals surface area contributed by atoms with Crippen molar-refractivity contribution in [3.8, 4) is 16.9 Å². The Bertz CT molecular complexity index is 849. The summed E-state index contributed by atoms with van der Waals surface area (Å²) < 4.78 is 5.96. The van der Waals surface area contributed by atoms with Crippen LogP contribution in [0.5, 0.6) is 5.75 Å². The van der Waals surface area contributed by atoms with E-state index in [1.807, 2.05) is 60.5 Å². The zero-order valence-electron chi connectivity index (χ0n) is 17.4. The second-order valence-corrected chi connectivity index (χ2v) is 7.92. The van der Waals surface area contributed by atoms with Crippen LogP contribution in [0.15, 0.2) is 48.5 Å². The van der Waals surface area contributed by atoms with E-state index < -0.39 is 5.97 Å². The summed E-state index contributed by atoms with van der Waals surface area (Å²) >= 11 is 0. The lowest BCUT2D eigenvalue weighted by Crippen LogP contribution is -2.33. The van der Waals surface area contributed by atoms with Gasteiger partial charge in [0.2, 0.25) is 5.91 Å². The summed E-state index contributed by atoms with van der Waals surface area (Å²) in [5, 5.41) is 8.87. The molecule has 1 heterocycles. The molecule has 1 fully saturated rings. The Labute approximate surface area is 177 Å². The lowest BCUT2D eigenvalue weighted by atomic mass is 9.98. The molecule has 3 rings (SSSR count). The number of amides is 1. The number of carboxylic acids is 1. The third-order valence-corrected chi connectivity index (χ3v) is 5.75. The lowest BCUT2D eigenvalue weighted by molar-refractivity contribution is -0.136. The van der Waals surface area contributed by atoms with Crippen molar-refractivity contribution in [3.05, 3.63) is 54.1 Å². The van der Waals surface area contributed by atoms with E-state index in [1.165, 1.54) is 0 Å². The van der Waals surface area contributed by atoms with E-state index in [-0.39, 0.29) is 24.3 Å². The molecule has 0 aliphatic carbocycles. The molecule has 3 N–H and O–H groups in total. The molecule has 1 aliphatic heterocycles. The standard InChI is InChI=1S/C24H30N2O4/c1-26-21(15-20(24(26)29)4-2-3-13-25)16-30-22-11-9-19(10-12-22)18-7-5-17(6-8-18)14-23(27)28/h5-12,20-21H,2-4,13-16,25H2,1H3,(H,27,28)/t20-,21+/m1/s1. The molecule has 2 aromatic rings. The maximum absolute atomic E-state index is 12.4. The number of aliphatic carboxylic acids is 1. The number of likely N-dealkylation sites (N-methyl/N-ethyl adjacent to an activating group) is 1. The molecule has 1 saturated heterocycles. The van der Waals surface area contributed by atoms with Gasteiger partial charge in [-0.1, -0.05) is 42.8 Å². The lowest BCUT2D eigenvalue weighted by Gasteiger charge is -2.20. The summed E-state index contributed by atoms with van der Waals surface area (Å²) in [5.74, 6) is 0.235. The van der Waals surface area contributed by atoms with E-state index in [9.17, 15) is 9.59 Å². The summed E-state index contributed by atoms with van der Waals surface area (Å²) in [6.07, 6.45) is 3.72. The van der Waals surface area contributed by atoms with Gasteiger partial charge in [0.1, 0.15) is 12.4 Å². The van der Waals surface area contributed by atoms with E-state index >= 15 is 0 Å². The highest BCUT2D eigenvalue weighted by Crippen LogP contribution is 2.29. The highest BCUT2D eigenvalue weighted by Gasteiger charge is 2.36. The first-order valence-corrected chi connectivity index (χ1v) is 10.5. The Morgan fingerprint density at radius 3 is 2.33 bits per heavy atom. The minimum atomic E-state index is -0.833. The fourth-order valence-electron chi connectivity index (χ4n) is 3.94. The summed E-state index contributed by atoms with van der Waals surface area (Å²) in [5.41, 5.74) is 8.39. The van der Waals surface area contributed by atoms with Crippen LogP contribution >= 0.6 is 0 Å². The Morgan fingerprint density at radius 1 is 1.10 bits per heavy atom. The van der Waals surface area contributed by atoms with Gasteiger partial charge in [-0.3, -0.25) is 9.59 Å². The molecule has 2 aromatic carbocycles. The number of benzene rings is 2. The normalized spacial score (nSPS) is 18.6. The largest absolute Gasteiger partial charge is 0.491 e. The van der Waals surface area contributed by atoms with Crippen LogP contribution in [-0.2, 0) is 16.0 Å². The summed E-state index contributed by atoms with van der Waals surface area (Å²) in [6.45, 7) is 1.16. The molecule has 0 aromatic heterocycles. The van der Waals surface area contributed by atoms with E-state index in [4.69, 9.17) is 15.6 Å². The molecule has 30 heavy (non-hydrogen) atoms. The molecular formula is C24H30N2O4. The van der Waals surface area contributed by atoms with Gasteiger partial charge in [0.25, 0.3) is 0 Å². The molecule has 0 bridgehead atoms. The van der Waals surface area contributed by atoms with Gasteiger partial charge in [-0.05, 0) is 54.6 Å². The number of rotatable bonds is 10. The van der Waals surface area contributed by atoms with Gasteiger partial charge >= 0.3 is 5.97 Å². The van der Waals surface area contributed by atoms with Gasteiger partial charge in [-0.15, -0.1) is 0 Å². The molecule has 0 unspecified atom stereocenters. The van der Waals surface area contributed by atoms with Crippen LogP contribution < -0.4 is 10.5 Å². The Balaban J connectivity index is 1.53. The number of nitrogens with zero attached hydrogens (tertiary/aromatic N) is 1. The van der Waals surface area contributed by atoms with Crippen molar-refractivity contribution in [2.24, 2.45) is 11.7 Å². The smallest absolute Gasteiger partial charge is 0.307 e. The predicted octanol–water partition coefficient (Wildman–Crippen LogP) is 3.34. The molecule has 1 aliphatic rings. The van der Waals surface area contributed by atoms with E-state index in [0.717, 1.165) is 48.1 Å². The minimum absolute atomic E-state index is 0.0268. The van der Waals surface area contributed by atoms with Crippen molar-refractivity contribution in [2.45, 2.75) is 38.1 Å². The summed E-state index contributed by atoms with van der Waals surface area (Å²) in [6, 6.07) is 15.5. The highest BCUT2D eigenvalue weighted by atomic mass is 16.5. The van der Waals surface area contributed by atoms with Gasteiger partial charge < -0.3 is 20.5 Å². The fourth-order valence-corrected chi connectivity index (χ4v) is 3.94. The molecule has 160 valence electrons. The average Bonchev–Trinajstić information content (AvgIpc) is 3.01. The summed E-state index contributed by atoms with van der Waals surface area (Å²) in [4.78, 5) is 25.0. The number of nitrogens with two attached hydrogens (primary N) is 1. The molecule has 2 atom stereocenters. The first-order valence-electron chi connectivity index (χ1n) is 10.5. The number of carbonyl (C=O) groups excluding carboxylic acids is 1. The third kappa shape index (κ3) is 5.60. The van der Waals surface area contributed by atoms with Crippen molar-refractivity contribution in [1.29, 1.82) is 0 Å². The Kier molecular flexibility index (Phi) is 7.46. The monoisotopic (exact) mass is 410 g/mol. The third-order valence-electron chi connectivity index (χ3n) is 5.75. The molecule has 6 nitrogen and oxygen atoms in total. The Hall–Kier alpha value is -2.86. The van der Waals surface area contributed by atoms with Crippen LogP contribution in [0.25, 0.3) is 11.1 Å². The molecule has 0 spiro atoms. The van der Waals surface area contributed by atoms with Crippen LogP contribution in [0.4, 0.5) is 0 Å². The number of unbranched alkanes of at least 4 members (excludes halogenated alkanes) is 1. The summed E-state index contributed by atoms with van der Waals surface area (Å²) in [7, 11) is 1.86. The number of ether oxygens (including phenoxy) is 1. The van der Waals surface area contributed by atoms with Crippen molar-refractivity contribution in [1.82, 2.24) is 4.90 Å². The van der Waals surface area contributed by atoms with E-state index in [1.54, 1.807) is 0 Å². The molecule has 6 heteroatoms. The van der Waals surface area contributed by atoms with Gasteiger partial charge in [0.05, 0.1) is 12.5 Å². The van der Waals surface area contributed by atoms with Crippen molar-refractivity contribution in [3.63, 3.8) is 0 Å². The van der Waals surface area contributed by atoms with Crippen LogP contribution in [-0.4, -0.2) is 48.1 Å². The Morgan fingerprint density at radius 2 is 1.73 bits per heavy atom. The number of likely N-dealkylation sites (tertiary alicyclic amines) is 1. The minimum Gasteiger partial charge on any atom is -0.491 e. The average molecular weight is 411 g/mol. The van der Waals surface area contributed by atoms with Gasteiger partial charge in [0, 0.05) is 13.0 Å². The predicted molar refractivity (Wildman–Crippen MR) is 116 cm³/mol. The quantitative estimate of drug-likeness (QED) is 0.586. The first kappa shape index (κ1) is 21.8. The zero-order chi connectivity index (χ0) is 21.5. The molecule has 0 saturated carbocycles. The molecular weight excluding hydrogens is 380 g/mol. The number of carbonyl (C=O) groups is 2. The second-order valence-electron chi connectivity index (χ2n) is 7.92. The van der Waals surface area contributed by atoms with Gasteiger partial charge in [0.15, 0.2) is 0 Å². The van der Waals surface area contributed by atoms with Crippen molar-refractivity contribution in [2.75, 3.05) is 20.2 Å². The zero-order valence-corrected chi connectivity index (χ0v) is 17.4. The topological polar surface area (TPSA) is 92.9 Å². The van der Waals surface area contributed by atoms with Crippen molar-refractivity contribution >= 4 is 11.9 Å². The first-order chi connectivity index (χ1) is 14.5. The number of hydrogen-bond donors (Lipinski definition) is 2. The number of hydrogen-bond acceptors (Lipinski definition) is 4. The fraction of sp³-hybridized carbons (Fsp3) is 0.417. The van der Waals surface area contributed by atoms with E-state index in [0.29, 0.717) is 13.2 Å². The maximum Gasteiger partial charge on any atom is 0.307 e. The van der Waals surface area contributed by atoms with Crippen molar-refractivity contribution < 1.29 is 19.4 Å². The highest BCUT2D eigenvalue weighted by molar-refractivity contribution is 5.81. The van der Waals surface area contributed by atoms with Gasteiger partial charge in [-0.25, -0.2) is 0 Å². The molecule has 0 radical (unpaired) electrons. The molecule has 1 amide bonds. The van der Waals surface area contributed by atoms with Crippen LogP contribution in [0.1, 0.15) is 31.2 Å². The SMILES string of the molecule is CN1C(=O)[C@H](CCCCN)C[C@H]1COc1ccc(-c2ccc(CC(=O)O)cc2)cc1. The van der Waals surface area contributed by atoms with Crippen LogP contribution in [0.2, 0.25) is 0 Å². The number of carboxylic acid groups (broad SMARTS) is 1. The van der Waals surface area contributed by atoms with Crippen LogP contribution in [0, 0.1) is 5.92 Å². The van der Waals surface area contributed by atoms with E-state index in [2.05, 4.69) is 0 Å². The van der Waals surface area contributed by atoms with Crippen LogP contribution in [0.3, 0.4) is 0 Å². The maximum atomic E-state index is 12.4. The second kappa shape index (κ2) is 10.3. The van der Waals surface area contributed by atoms with Gasteiger partial charge in [-0.2, -0.15) is 0 Å².